The first-order chi connectivity index (χ1) is 57.2. The minimum absolute atomic E-state index is 0.262. The molecule has 0 heterocycles. The summed E-state index contributed by atoms with van der Waals surface area (Å²) in [6.07, 6.45) is 0. The molecule has 0 aliphatic heterocycles. The highest BCUT2D eigenvalue weighted by Crippen LogP contribution is 2.62. The lowest BCUT2D eigenvalue weighted by atomic mass is 9.67. The van der Waals surface area contributed by atoms with Crippen molar-refractivity contribution in [3.05, 3.63) is 572 Å². The number of aryl methyl sites for hydroxylation is 4. The Hall–Kier alpha value is -14.0. The molecule has 22 rings (SSSR count). The van der Waals surface area contributed by atoms with Crippen molar-refractivity contribution in [2.75, 3.05) is 0 Å². The highest BCUT2D eigenvalue weighted by molar-refractivity contribution is 5.98. The minimum Gasteiger partial charge on any atom is -0.0622 e. The Labute approximate surface area is 683 Å². The largest absolute Gasteiger partial charge is 0.0713 e. The third kappa shape index (κ3) is 11.7. The van der Waals surface area contributed by atoms with E-state index in [-0.39, 0.29) is 21.7 Å². The Morgan fingerprint density at radius 3 is 0.741 bits per heavy atom. The van der Waals surface area contributed by atoms with Gasteiger partial charge in [-0.3, -0.25) is 0 Å². The van der Waals surface area contributed by atoms with Gasteiger partial charge in [-0.05, 0) is 189 Å². The van der Waals surface area contributed by atoms with E-state index in [1.165, 1.54) is 178 Å². The fourth-order valence-corrected chi connectivity index (χ4v) is 20.2. The van der Waals surface area contributed by atoms with E-state index in [0.29, 0.717) is 0 Å². The first kappa shape index (κ1) is 72.2. The molecule has 0 spiro atoms. The minimum atomic E-state index is -0.340. The van der Waals surface area contributed by atoms with E-state index >= 15 is 0 Å². The van der Waals surface area contributed by atoms with Crippen molar-refractivity contribution in [2.45, 2.75) is 49.4 Å². The second-order valence-electron chi connectivity index (χ2n) is 31.3. The Bertz CT molecular complexity index is 6420. The number of rotatable bonds is 10. The summed E-state index contributed by atoms with van der Waals surface area (Å²) in [6, 6.07) is 168. The second kappa shape index (κ2) is 30.5. The van der Waals surface area contributed by atoms with Gasteiger partial charge in [0, 0.05) is 0 Å². The number of benzene rings is 18. The zero-order chi connectivity index (χ0) is 78.2. The molecule has 18 aromatic carbocycles. The van der Waals surface area contributed by atoms with Crippen molar-refractivity contribution >= 4 is 0 Å². The van der Waals surface area contributed by atoms with Crippen LogP contribution in [0.15, 0.2) is 461 Å². The van der Waals surface area contributed by atoms with E-state index in [0.717, 1.165) is 0 Å². The molecule has 4 aliphatic rings. The normalized spacial score (nSPS) is 13.6. The standard InChI is InChI=1S/2C32H24.2C26H20/c1-23-12-10-13-24(22-23)27-19-11-21-30-31(27)28-18-8-9-20-29(28)32(30,25-14-4-2-5-15-25)26-16-6-3-7-17-26;1-23-13-8-9-18-26(23)27-20-12-22-30-31(27)28-19-10-11-21-29(28)32(30,24-14-4-2-5-15-24)25-16-6-3-7-17-25;1-19-10-9-13-21(18-19)26(20-11-3-2-4-12-20)24-16-7-5-14-22(24)23-15-6-8-17-25(23)26;1-19-15-17-21(18-16-19)26(20-9-3-2-4-10-20)24-13-7-5-11-22(24)23-12-6-8-14-25(23)26/h2*2-22H,1H3;2*2-18H,1H3. The Kier molecular flexibility index (Phi) is 19.0. The third-order valence-electron chi connectivity index (χ3n) is 25.0. The SMILES string of the molecule is Cc1ccc(C2(c3ccccc3)c3ccccc3-c3ccccc32)cc1.Cc1cccc(-c2cccc3c2-c2ccccc2C3(c2ccccc2)c2ccccc2)c1.Cc1cccc(C2(c3ccccc3)c3ccccc3-c3ccccc32)c1.Cc1ccccc1-c1cccc2c1-c1ccccc1C2(c1ccccc1)c1ccccc1. The maximum Gasteiger partial charge on any atom is 0.0713 e. The molecule has 0 radical (unpaired) electrons. The monoisotopic (exact) mass is 1480 g/mol. The van der Waals surface area contributed by atoms with Gasteiger partial charge in [0.2, 0.25) is 0 Å². The van der Waals surface area contributed by atoms with Crippen molar-refractivity contribution in [2.24, 2.45) is 0 Å². The summed E-state index contributed by atoms with van der Waals surface area (Å²) < 4.78 is 0. The van der Waals surface area contributed by atoms with E-state index in [1.807, 2.05) is 0 Å². The maximum absolute atomic E-state index is 2.34. The molecule has 18 aromatic rings. The van der Waals surface area contributed by atoms with Gasteiger partial charge >= 0.3 is 0 Å². The van der Waals surface area contributed by atoms with Gasteiger partial charge in [0.1, 0.15) is 0 Å². The van der Waals surface area contributed by atoms with Crippen molar-refractivity contribution < 1.29 is 0 Å². The molecular weight excluding hydrogens is 1390 g/mol. The zero-order valence-corrected chi connectivity index (χ0v) is 65.9. The van der Waals surface area contributed by atoms with Gasteiger partial charge in [0.15, 0.2) is 0 Å². The summed E-state index contributed by atoms with van der Waals surface area (Å²) in [5.41, 5.74) is 41.3. The van der Waals surface area contributed by atoms with Crippen molar-refractivity contribution in [3.63, 3.8) is 0 Å². The summed E-state index contributed by atoms with van der Waals surface area (Å²) in [5, 5.41) is 0. The van der Waals surface area contributed by atoms with Crippen LogP contribution in [0.3, 0.4) is 0 Å². The van der Waals surface area contributed by atoms with Gasteiger partial charge < -0.3 is 0 Å². The molecule has 0 heteroatoms. The van der Waals surface area contributed by atoms with Crippen LogP contribution in [0.2, 0.25) is 0 Å². The summed E-state index contributed by atoms with van der Waals surface area (Å²) in [6.45, 7) is 8.69. The van der Waals surface area contributed by atoms with Gasteiger partial charge in [-0.25, -0.2) is 0 Å². The fourth-order valence-electron chi connectivity index (χ4n) is 20.2. The highest BCUT2D eigenvalue weighted by Gasteiger charge is 2.51. The van der Waals surface area contributed by atoms with Gasteiger partial charge in [0.25, 0.3) is 0 Å². The lowest BCUT2D eigenvalue weighted by Gasteiger charge is -2.34. The summed E-state index contributed by atoms with van der Waals surface area (Å²) in [7, 11) is 0. The van der Waals surface area contributed by atoms with Gasteiger partial charge in [-0.15, -0.1) is 0 Å². The second-order valence-corrected chi connectivity index (χ2v) is 31.3. The predicted molar refractivity (Wildman–Crippen MR) is 485 cm³/mol. The molecule has 0 amide bonds. The van der Waals surface area contributed by atoms with Crippen LogP contribution in [0, 0.1) is 27.7 Å². The molecule has 552 valence electrons. The fraction of sp³-hybridized carbons (Fsp3) is 0.0690. The lowest BCUT2D eigenvalue weighted by Crippen LogP contribution is -2.28. The Morgan fingerprint density at radius 2 is 0.379 bits per heavy atom. The van der Waals surface area contributed by atoms with Gasteiger partial charge in [-0.2, -0.15) is 0 Å². The molecular formula is C116H88. The molecule has 116 heavy (non-hydrogen) atoms. The summed E-state index contributed by atoms with van der Waals surface area (Å²) >= 11 is 0. The topological polar surface area (TPSA) is 0 Å². The Morgan fingerprint density at radius 1 is 0.138 bits per heavy atom. The zero-order valence-electron chi connectivity index (χ0n) is 65.9. The summed E-state index contributed by atoms with van der Waals surface area (Å²) in [5.74, 6) is 0. The number of fused-ring (bicyclic) bond motifs is 12. The van der Waals surface area contributed by atoms with Crippen LogP contribution in [0.5, 0.6) is 0 Å². The highest BCUT2D eigenvalue weighted by atomic mass is 14.5. The van der Waals surface area contributed by atoms with Crippen LogP contribution in [0.1, 0.15) is 111 Å². The number of hydrogen-bond donors (Lipinski definition) is 0. The van der Waals surface area contributed by atoms with Crippen molar-refractivity contribution in [1.82, 2.24) is 0 Å². The van der Waals surface area contributed by atoms with Crippen molar-refractivity contribution in [3.8, 4) is 66.8 Å². The van der Waals surface area contributed by atoms with Gasteiger partial charge in [-0.1, -0.05) is 478 Å². The Balaban J connectivity index is 0.000000104. The molecule has 0 aromatic heterocycles. The molecule has 0 nitrogen and oxygen atoms in total. The predicted octanol–water partition coefficient (Wildman–Crippen LogP) is 28.8. The molecule has 0 unspecified atom stereocenters. The third-order valence-corrected chi connectivity index (χ3v) is 25.0. The number of hydrogen-bond acceptors (Lipinski definition) is 0. The van der Waals surface area contributed by atoms with Crippen LogP contribution in [0.25, 0.3) is 66.8 Å². The lowest BCUT2D eigenvalue weighted by molar-refractivity contribution is 0.767. The quantitative estimate of drug-likeness (QED) is 0.128. The van der Waals surface area contributed by atoms with Crippen LogP contribution in [0.4, 0.5) is 0 Å². The average Bonchev–Trinajstić information content (AvgIpc) is 1.55. The smallest absolute Gasteiger partial charge is 0.0622 e. The molecule has 0 fully saturated rings. The molecule has 0 bridgehead atoms. The summed E-state index contributed by atoms with van der Waals surface area (Å²) in [4.78, 5) is 0. The average molecular weight is 1480 g/mol. The first-order valence-corrected chi connectivity index (χ1v) is 40.7. The van der Waals surface area contributed by atoms with Crippen LogP contribution in [-0.2, 0) is 21.7 Å². The van der Waals surface area contributed by atoms with Crippen LogP contribution in [-0.4, -0.2) is 0 Å². The van der Waals surface area contributed by atoms with E-state index in [4.69, 9.17) is 0 Å². The van der Waals surface area contributed by atoms with E-state index in [1.54, 1.807) is 0 Å². The van der Waals surface area contributed by atoms with Crippen LogP contribution < -0.4 is 0 Å². The van der Waals surface area contributed by atoms with E-state index in [9.17, 15) is 0 Å². The van der Waals surface area contributed by atoms with Crippen LogP contribution >= 0.6 is 0 Å². The van der Waals surface area contributed by atoms with Crippen molar-refractivity contribution in [1.29, 1.82) is 0 Å². The molecule has 0 saturated heterocycles. The first-order valence-electron chi connectivity index (χ1n) is 40.7. The molecule has 0 atom stereocenters. The molecule has 0 saturated carbocycles. The maximum atomic E-state index is 2.34. The van der Waals surface area contributed by atoms with E-state index < -0.39 is 0 Å². The molecule has 0 N–H and O–H groups in total. The van der Waals surface area contributed by atoms with Gasteiger partial charge in [0.05, 0.1) is 21.7 Å². The van der Waals surface area contributed by atoms with E-state index in [2.05, 4.69) is 489 Å². The molecule has 4 aliphatic carbocycles.